The van der Waals surface area contributed by atoms with Crippen LogP contribution < -0.4 is 20.7 Å². The molecule has 2 aromatic rings. The zero-order valence-electron chi connectivity index (χ0n) is 20.2. The molecule has 202 valence electrons. The van der Waals surface area contributed by atoms with Crippen molar-refractivity contribution in [3.63, 3.8) is 0 Å². The van der Waals surface area contributed by atoms with Crippen LogP contribution in [0.15, 0.2) is 42.5 Å². The van der Waals surface area contributed by atoms with Crippen LogP contribution >= 0.6 is 0 Å². The van der Waals surface area contributed by atoms with E-state index >= 15 is 0 Å². The van der Waals surface area contributed by atoms with Crippen LogP contribution in [0.1, 0.15) is 42.4 Å². The summed E-state index contributed by atoms with van der Waals surface area (Å²) < 4.78 is 58.7. The summed E-state index contributed by atoms with van der Waals surface area (Å²) in [6.07, 6.45) is -4.36. The Morgan fingerprint density at radius 2 is 1.86 bits per heavy atom. The molecule has 7 nitrogen and oxygen atoms in total. The summed E-state index contributed by atoms with van der Waals surface area (Å²) in [5.41, 5.74) is 0.0920. The van der Waals surface area contributed by atoms with Crippen LogP contribution in [0.2, 0.25) is 0 Å². The largest absolute Gasteiger partial charge is 0.493 e. The van der Waals surface area contributed by atoms with Crippen molar-refractivity contribution in [3.05, 3.63) is 65.0 Å². The molecular weight excluding hydrogens is 494 g/mol. The molecule has 4 N–H and O–H groups in total. The Morgan fingerprint density at radius 1 is 1.08 bits per heavy atom. The minimum absolute atomic E-state index is 0.0247. The Hall–Kier alpha value is -3.18. The lowest BCUT2D eigenvalue weighted by Crippen LogP contribution is -2.48. The lowest BCUT2D eigenvalue weighted by Gasteiger charge is -2.25. The van der Waals surface area contributed by atoms with Crippen molar-refractivity contribution in [1.29, 1.82) is 0 Å². The van der Waals surface area contributed by atoms with Gasteiger partial charge in [0.2, 0.25) is 11.8 Å². The summed E-state index contributed by atoms with van der Waals surface area (Å²) in [7, 11) is 0. The maximum atomic E-state index is 14.2. The van der Waals surface area contributed by atoms with E-state index in [2.05, 4.69) is 16.0 Å². The quantitative estimate of drug-likeness (QED) is 0.450. The zero-order chi connectivity index (χ0) is 26.8. The molecule has 2 atom stereocenters. The number of amides is 2. The van der Waals surface area contributed by atoms with E-state index in [1.165, 1.54) is 24.3 Å². The molecule has 2 bridgehead atoms. The molecule has 1 aliphatic heterocycles. The molecule has 3 rings (SSSR count). The van der Waals surface area contributed by atoms with Crippen molar-refractivity contribution in [2.45, 2.75) is 57.0 Å². The number of nitrogens with one attached hydrogen (secondary N) is 3. The molecule has 37 heavy (non-hydrogen) atoms. The number of ether oxygens (including phenoxy) is 1. The second kappa shape index (κ2) is 13.4. The second-order valence-corrected chi connectivity index (χ2v) is 8.98. The van der Waals surface area contributed by atoms with Gasteiger partial charge in [-0.1, -0.05) is 18.2 Å². The van der Waals surface area contributed by atoms with Crippen molar-refractivity contribution in [1.82, 2.24) is 16.0 Å². The van der Waals surface area contributed by atoms with Crippen LogP contribution in [-0.2, 0) is 28.7 Å². The Balaban J connectivity index is 1.70. The summed E-state index contributed by atoms with van der Waals surface area (Å²) in [6, 6.07) is 8.14. The zero-order valence-corrected chi connectivity index (χ0v) is 20.2. The molecule has 1 heterocycles. The SMILES string of the molecule is O=C1CCC(=O)N[C@H]([C@H](O)CNCc2cccc(C(F)(F)F)c2)Cc2cc(F)cc(c2)OCCCCN1. The van der Waals surface area contributed by atoms with Crippen LogP contribution in [0.3, 0.4) is 0 Å². The van der Waals surface area contributed by atoms with Crippen molar-refractivity contribution in [2.24, 2.45) is 0 Å². The van der Waals surface area contributed by atoms with E-state index in [1.807, 2.05) is 0 Å². The first-order chi connectivity index (χ1) is 17.6. The predicted octanol–water partition coefficient (Wildman–Crippen LogP) is 3.09. The van der Waals surface area contributed by atoms with E-state index < -0.39 is 35.6 Å². The van der Waals surface area contributed by atoms with Gasteiger partial charge in [0.15, 0.2) is 0 Å². The lowest BCUT2D eigenvalue weighted by atomic mass is 10.00. The van der Waals surface area contributed by atoms with E-state index in [1.54, 1.807) is 6.07 Å². The number of alkyl halides is 3. The van der Waals surface area contributed by atoms with Crippen molar-refractivity contribution in [3.8, 4) is 5.75 Å². The third kappa shape index (κ3) is 9.66. The molecule has 0 saturated heterocycles. The summed E-state index contributed by atoms with van der Waals surface area (Å²) in [6.45, 7) is 0.762. The fourth-order valence-corrected chi connectivity index (χ4v) is 3.96. The summed E-state index contributed by atoms with van der Waals surface area (Å²) >= 11 is 0. The first-order valence-electron chi connectivity index (χ1n) is 12.1. The number of carbonyl (C=O) groups is 2. The van der Waals surface area contributed by atoms with E-state index in [0.717, 1.165) is 12.1 Å². The number of benzene rings is 2. The molecule has 0 fully saturated rings. The molecule has 2 aromatic carbocycles. The molecule has 0 spiro atoms. The summed E-state index contributed by atoms with van der Waals surface area (Å²) in [5, 5.41) is 19.2. The highest BCUT2D eigenvalue weighted by molar-refractivity contribution is 5.83. The highest BCUT2D eigenvalue weighted by Gasteiger charge is 2.30. The average molecular weight is 526 g/mol. The standard InChI is InChI=1S/C26H31F4N3O4/c27-20-11-18-12-21(14-20)37-9-2-1-8-32-24(35)6-7-25(36)33-22(13-18)23(34)16-31-15-17-4-3-5-19(10-17)26(28,29)30/h3-5,10-12,14,22-23,31,34H,1-2,6-9,13,15-16H2,(H,32,35)(H,33,36)/t22-,23+/m0/s1. The molecule has 0 radical (unpaired) electrons. The van der Waals surface area contributed by atoms with Crippen LogP contribution in [0, 0.1) is 5.82 Å². The van der Waals surface area contributed by atoms with E-state index in [9.17, 15) is 32.3 Å². The number of hydrogen-bond donors (Lipinski definition) is 4. The van der Waals surface area contributed by atoms with E-state index in [4.69, 9.17) is 4.74 Å². The summed E-state index contributed by atoms with van der Waals surface area (Å²) in [4.78, 5) is 24.5. The number of hydrogen-bond acceptors (Lipinski definition) is 5. The van der Waals surface area contributed by atoms with Gasteiger partial charge in [0.05, 0.1) is 24.3 Å². The first kappa shape index (κ1) is 28.4. The van der Waals surface area contributed by atoms with Gasteiger partial charge in [-0.3, -0.25) is 9.59 Å². The highest BCUT2D eigenvalue weighted by Crippen LogP contribution is 2.29. The monoisotopic (exact) mass is 525 g/mol. The molecule has 11 heteroatoms. The van der Waals surface area contributed by atoms with Gasteiger partial charge in [-0.25, -0.2) is 4.39 Å². The van der Waals surface area contributed by atoms with Crippen LogP contribution in [0.4, 0.5) is 17.6 Å². The minimum Gasteiger partial charge on any atom is -0.493 e. The summed E-state index contributed by atoms with van der Waals surface area (Å²) in [5.74, 6) is -0.941. The number of aliphatic hydroxyl groups excluding tert-OH is 1. The second-order valence-electron chi connectivity index (χ2n) is 8.98. The Kier molecular flexibility index (Phi) is 10.3. The smallest absolute Gasteiger partial charge is 0.416 e. The molecule has 0 saturated carbocycles. The van der Waals surface area contributed by atoms with Gasteiger partial charge < -0.3 is 25.8 Å². The van der Waals surface area contributed by atoms with E-state index in [0.29, 0.717) is 42.9 Å². The third-order valence-corrected chi connectivity index (χ3v) is 5.88. The fourth-order valence-electron chi connectivity index (χ4n) is 3.96. The van der Waals surface area contributed by atoms with E-state index in [-0.39, 0.29) is 38.3 Å². The van der Waals surface area contributed by atoms with Crippen LogP contribution in [0.5, 0.6) is 5.75 Å². The maximum absolute atomic E-state index is 14.2. The first-order valence-corrected chi connectivity index (χ1v) is 12.1. The molecule has 0 unspecified atom stereocenters. The van der Waals surface area contributed by atoms with Gasteiger partial charge in [-0.05, 0) is 48.6 Å². The minimum atomic E-state index is -4.46. The number of carbonyl (C=O) groups excluding carboxylic acids is 2. The number of aliphatic hydroxyl groups is 1. The number of fused-ring (bicyclic) bond motifs is 2. The number of halogens is 4. The van der Waals surface area contributed by atoms with Crippen molar-refractivity contribution in [2.75, 3.05) is 19.7 Å². The maximum Gasteiger partial charge on any atom is 0.416 e. The molecule has 1 aliphatic rings. The molecule has 0 aromatic heterocycles. The normalized spacial score (nSPS) is 18.9. The fraction of sp³-hybridized carbons (Fsp3) is 0.462. The van der Waals surface area contributed by atoms with Crippen LogP contribution in [0.25, 0.3) is 0 Å². The molecular formula is C26H31F4N3O4. The van der Waals surface area contributed by atoms with Gasteiger partial charge in [0.1, 0.15) is 11.6 Å². The van der Waals surface area contributed by atoms with Gasteiger partial charge in [-0.2, -0.15) is 13.2 Å². The number of rotatable bonds is 5. The third-order valence-electron chi connectivity index (χ3n) is 5.88. The van der Waals surface area contributed by atoms with Crippen molar-refractivity contribution >= 4 is 11.8 Å². The molecule has 2 amide bonds. The Labute approximate surface area is 212 Å². The topological polar surface area (TPSA) is 99.7 Å². The van der Waals surface area contributed by atoms with Crippen LogP contribution in [-0.4, -0.2) is 48.8 Å². The van der Waals surface area contributed by atoms with Gasteiger partial charge in [-0.15, -0.1) is 0 Å². The Bertz CT molecular complexity index is 1060. The average Bonchev–Trinajstić information content (AvgIpc) is 2.83. The highest BCUT2D eigenvalue weighted by atomic mass is 19.4. The van der Waals surface area contributed by atoms with Gasteiger partial charge >= 0.3 is 6.18 Å². The van der Waals surface area contributed by atoms with Gasteiger partial charge in [0, 0.05) is 38.5 Å². The van der Waals surface area contributed by atoms with Crippen molar-refractivity contribution < 1.29 is 37.0 Å². The predicted molar refractivity (Wildman–Crippen MR) is 128 cm³/mol. The Morgan fingerprint density at radius 3 is 2.65 bits per heavy atom. The lowest BCUT2D eigenvalue weighted by molar-refractivity contribution is -0.137. The molecule has 0 aliphatic carbocycles. The van der Waals surface area contributed by atoms with Gasteiger partial charge in [0.25, 0.3) is 0 Å².